The Morgan fingerprint density at radius 2 is 2.11 bits per heavy atom. The number of nitrogens with two attached hydrogens (primary N) is 1. The molecule has 0 bridgehead atoms. The second-order valence-corrected chi connectivity index (χ2v) is 5.52. The number of hydrogen-bond donors (Lipinski definition) is 2. The average molecular weight is 267 g/mol. The lowest BCUT2D eigenvalue weighted by atomic mass is 10.1. The molecule has 0 fully saturated rings. The second-order valence-electron chi connectivity index (χ2n) is 4.14. The van der Waals surface area contributed by atoms with Crippen molar-refractivity contribution >= 4 is 22.5 Å². The molecule has 0 spiro atoms. The molecule has 6 heteroatoms. The number of benzene rings is 1. The smallest absolute Gasteiger partial charge is 0.261 e. The van der Waals surface area contributed by atoms with Crippen LogP contribution in [0.3, 0.4) is 0 Å². The maximum Gasteiger partial charge on any atom is 0.261 e. The Bertz CT molecular complexity index is 577. The van der Waals surface area contributed by atoms with Crippen LogP contribution in [0.4, 0.5) is 0 Å². The number of phenolic OH excluding ortho intramolecular Hbond substituents is 1. The van der Waals surface area contributed by atoms with Crippen LogP contribution in [0.25, 0.3) is 5.76 Å². The van der Waals surface area contributed by atoms with Crippen molar-refractivity contribution in [2.24, 2.45) is 5.73 Å². The predicted molar refractivity (Wildman–Crippen MR) is 66.9 cm³/mol. The van der Waals surface area contributed by atoms with Crippen molar-refractivity contribution in [3.05, 3.63) is 28.7 Å². The largest absolute Gasteiger partial charge is 0.508 e. The molecule has 1 heterocycles. The van der Waals surface area contributed by atoms with Gasteiger partial charge >= 0.3 is 0 Å². The molecule has 5 nitrogen and oxygen atoms in total. The number of hydrogen-bond acceptors (Lipinski definition) is 4. The van der Waals surface area contributed by atoms with Gasteiger partial charge < -0.3 is 15.6 Å². The van der Waals surface area contributed by atoms with Gasteiger partial charge in [-0.25, -0.2) is 4.21 Å². The van der Waals surface area contributed by atoms with Crippen LogP contribution in [0.5, 0.6) is 5.75 Å². The minimum Gasteiger partial charge on any atom is -0.508 e. The van der Waals surface area contributed by atoms with Crippen LogP contribution in [-0.2, 0) is 20.3 Å². The standard InChI is InChI=1S/C12H13NO4S/c1-6(2)17-10-8-5-7(14)3-4-9(8)18(16)11(10)12(13)15/h3-6,14H,1-2H3,(H2,13,15). The molecular weight excluding hydrogens is 254 g/mol. The van der Waals surface area contributed by atoms with Gasteiger partial charge in [-0.3, -0.25) is 4.79 Å². The van der Waals surface area contributed by atoms with Crippen LogP contribution in [0.15, 0.2) is 28.0 Å². The number of fused-ring (bicyclic) bond motifs is 1. The van der Waals surface area contributed by atoms with E-state index < -0.39 is 16.7 Å². The SMILES string of the molecule is CC(C)OC1=C(C(N)=O)S(=O)c2ccc(O)cc21. The topological polar surface area (TPSA) is 89.6 Å². The lowest BCUT2D eigenvalue weighted by molar-refractivity contribution is -0.113. The molecule has 0 aromatic heterocycles. The highest BCUT2D eigenvalue weighted by Gasteiger charge is 2.34. The molecule has 2 rings (SSSR count). The molecule has 0 radical (unpaired) electrons. The Labute approximate surface area is 107 Å². The summed E-state index contributed by atoms with van der Waals surface area (Å²) in [5.74, 6) is -0.567. The van der Waals surface area contributed by atoms with E-state index in [4.69, 9.17) is 10.5 Å². The molecular formula is C12H13NO4S. The fourth-order valence-corrected chi connectivity index (χ4v) is 3.00. The Morgan fingerprint density at radius 3 is 2.67 bits per heavy atom. The second kappa shape index (κ2) is 4.45. The van der Waals surface area contributed by atoms with Crippen molar-refractivity contribution in [3.63, 3.8) is 0 Å². The first-order chi connectivity index (χ1) is 8.41. The molecule has 1 aromatic rings. The molecule has 18 heavy (non-hydrogen) atoms. The van der Waals surface area contributed by atoms with Gasteiger partial charge in [0, 0.05) is 5.56 Å². The van der Waals surface area contributed by atoms with Crippen molar-refractivity contribution in [3.8, 4) is 5.75 Å². The molecule has 0 saturated heterocycles. The van der Waals surface area contributed by atoms with E-state index in [-0.39, 0.29) is 22.5 Å². The van der Waals surface area contributed by atoms with Gasteiger partial charge in [0.15, 0.2) is 4.91 Å². The normalized spacial score (nSPS) is 18.1. The summed E-state index contributed by atoms with van der Waals surface area (Å²) in [4.78, 5) is 11.8. The molecule has 1 aliphatic heterocycles. The van der Waals surface area contributed by atoms with E-state index in [0.29, 0.717) is 10.5 Å². The third-order valence-corrected chi connectivity index (χ3v) is 3.89. The number of carbonyl (C=O) groups excluding carboxylic acids is 1. The van der Waals surface area contributed by atoms with E-state index in [9.17, 15) is 14.1 Å². The molecule has 3 N–H and O–H groups in total. The molecule has 1 amide bonds. The van der Waals surface area contributed by atoms with Crippen LogP contribution < -0.4 is 5.73 Å². The Kier molecular flexibility index (Phi) is 3.13. The molecule has 96 valence electrons. The van der Waals surface area contributed by atoms with E-state index in [1.54, 1.807) is 13.8 Å². The fraction of sp³-hybridized carbons (Fsp3) is 0.250. The van der Waals surface area contributed by atoms with Crippen LogP contribution >= 0.6 is 0 Å². The first kappa shape index (κ1) is 12.6. The summed E-state index contributed by atoms with van der Waals surface area (Å²) in [6.45, 7) is 3.57. The number of phenols is 1. The van der Waals surface area contributed by atoms with Gasteiger partial charge in [0.05, 0.1) is 21.8 Å². The van der Waals surface area contributed by atoms with Crippen molar-refractivity contribution in [1.29, 1.82) is 0 Å². The van der Waals surface area contributed by atoms with Gasteiger partial charge in [-0.05, 0) is 32.0 Å². The molecule has 1 aromatic carbocycles. The van der Waals surface area contributed by atoms with E-state index in [1.165, 1.54) is 18.2 Å². The number of aromatic hydroxyl groups is 1. The van der Waals surface area contributed by atoms with Crippen molar-refractivity contribution < 1.29 is 18.8 Å². The third kappa shape index (κ3) is 1.99. The molecule has 1 unspecified atom stereocenters. The number of carbonyl (C=O) groups is 1. The fourth-order valence-electron chi connectivity index (χ4n) is 1.73. The van der Waals surface area contributed by atoms with Crippen LogP contribution in [0, 0.1) is 0 Å². The number of rotatable bonds is 3. The summed E-state index contributed by atoms with van der Waals surface area (Å²) in [5, 5.41) is 9.47. The first-order valence-electron chi connectivity index (χ1n) is 5.37. The zero-order valence-electron chi connectivity index (χ0n) is 9.97. The minimum absolute atomic E-state index is 0.0151. The highest BCUT2D eigenvalue weighted by Crippen LogP contribution is 2.39. The van der Waals surface area contributed by atoms with Crippen LogP contribution in [-0.4, -0.2) is 21.3 Å². The third-order valence-electron chi connectivity index (χ3n) is 2.38. The zero-order chi connectivity index (χ0) is 13.4. The van der Waals surface area contributed by atoms with E-state index in [1.807, 2.05) is 0 Å². The van der Waals surface area contributed by atoms with E-state index >= 15 is 0 Å². The van der Waals surface area contributed by atoms with Gasteiger partial charge in [0.2, 0.25) is 0 Å². The average Bonchev–Trinajstić information content (AvgIpc) is 2.51. The Morgan fingerprint density at radius 1 is 1.44 bits per heavy atom. The van der Waals surface area contributed by atoms with Gasteiger partial charge in [-0.2, -0.15) is 0 Å². The monoisotopic (exact) mass is 267 g/mol. The Balaban J connectivity index is 2.64. The molecule has 1 aliphatic rings. The summed E-state index contributed by atoms with van der Waals surface area (Å²) < 4.78 is 17.6. The lowest BCUT2D eigenvalue weighted by Crippen LogP contribution is -2.17. The minimum atomic E-state index is -1.65. The number of ether oxygens (including phenoxy) is 1. The van der Waals surface area contributed by atoms with Crippen LogP contribution in [0.2, 0.25) is 0 Å². The highest BCUT2D eigenvalue weighted by molar-refractivity contribution is 7.90. The van der Waals surface area contributed by atoms with Gasteiger partial charge in [-0.1, -0.05) is 0 Å². The zero-order valence-corrected chi connectivity index (χ0v) is 10.8. The Hall–Kier alpha value is -1.82. The maximum absolute atomic E-state index is 12.1. The van der Waals surface area contributed by atoms with E-state index in [2.05, 4.69) is 0 Å². The van der Waals surface area contributed by atoms with E-state index in [0.717, 1.165) is 0 Å². The highest BCUT2D eigenvalue weighted by atomic mass is 32.2. The van der Waals surface area contributed by atoms with Gasteiger partial charge in [-0.15, -0.1) is 0 Å². The lowest BCUT2D eigenvalue weighted by Gasteiger charge is -2.12. The summed E-state index contributed by atoms with van der Waals surface area (Å²) >= 11 is 0. The molecule has 0 saturated carbocycles. The number of amides is 1. The first-order valence-corrected chi connectivity index (χ1v) is 6.52. The van der Waals surface area contributed by atoms with Crippen molar-refractivity contribution in [2.45, 2.75) is 24.8 Å². The molecule has 1 atom stereocenters. The van der Waals surface area contributed by atoms with Crippen molar-refractivity contribution in [2.75, 3.05) is 0 Å². The summed E-state index contributed by atoms with van der Waals surface area (Å²) in [6.07, 6.45) is -0.195. The van der Waals surface area contributed by atoms with Gasteiger partial charge in [0.25, 0.3) is 5.91 Å². The van der Waals surface area contributed by atoms with Crippen LogP contribution in [0.1, 0.15) is 19.4 Å². The maximum atomic E-state index is 12.1. The molecule has 0 aliphatic carbocycles. The predicted octanol–water partition coefficient (Wildman–Crippen LogP) is 1.09. The van der Waals surface area contributed by atoms with Crippen molar-refractivity contribution in [1.82, 2.24) is 0 Å². The van der Waals surface area contributed by atoms with Gasteiger partial charge in [0.1, 0.15) is 11.5 Å². The number of primary amides is 1. The summed E-state index contributed by atoms with van der Waals surface area (Å²) in [5.41, 5.74) is 5.69. The summed E-state index contributed by atoms with van der Waals surface area (Å²) in [6, 6.07) is 4.33. The quantitative estimate of drug-likeness (QED) is 0.858. The summed E-state index contributed by atoms with van der Waals surface area (Å²) in [7, 11) is -1.65.